The van der Waals surface area contributed by atoms with Crippen LogP contribution in [0.15, 0.2) is 0 Å². The van der Waals surface area contributed by atoms with E-state index in [2.05, 4.69) is 5.32 Å². The largest absolute Gasteiger partial charge is 0.383 e. The number of aliphatic hydroxyl groups excluding tert-OH is 1. The lowest BCUT2D eigenvalue weighted by Gasteiger charge is -2.18. The number of nitrogens with two attached hydrogens (primary N) is 1. The molecule has 0 aromatic rings. The third-order valence-corrected chi connectivity index (χ3v) is 2.44. The summed E-state index contributed by atoms with van der Waals surface area (Å²) in [6.07, 6.45) is -0.535. The average molecular weight is 258 g/mol. The number of Topliss-reactive ketones (excluding diaryl/α,β-unsaturated/α-hetero) is 1. The molecule has 2 atom stereocenters. The number of amides is 2. The van der Waals surface area contributed by atoms with Gasteiger partial charge in [-0.25, -0.2) is 0 Å². The van der Waals surface area contributed by atoms with E-state index in [1.807, 2.05) is 13.8 Å². The monoisotopic (exact) mass is 258 g/mol. The van der Waals surface area contributed by atoms with Crippen LogP contribution in [-0.4, -0.2) is 34.8 Å². The Kier molecular flexibility index (Phi) is 7.19. The summed E-state index contributed by atoms with van der Waals surface area (Å²) in [5, 5.41) is 11.9. The highest BCUT2D eigenvalue weighted by Gasteiger charge is 2.23. The summed E-state index contributed by atoms with van der Waals surface area (Å²) in [4.78, 5) is 33.5. The highest BCUT2D eigenvalue weighted by atomic mass is 16.3. The van der Waals surface area contributed by atoms with Gasteiger partial charge >= 0.3 is 0 Å². The molecule has 104 valence electrons. The quantitative estimate of drug-likeness (QED) is 0.556. The molecule has 0 aromatic carbocycles. The maximum Gasteiger partial charge on any atom is 0.249 e. The van der Waals surface area contributed by atoms with Gasteiger partial charge in [0, 0.05) is 6.42 Å². The third kappa shape index (κ3) is 7.01. The number of aliphatic hydroxyl groups is 1. The Bertz CT molecular complexity index is 315. The van der Waals surface area contributed by atoms with E-state index >= 15 is 0 Å². The van der Waals surface area contributed by atoms with Crippen molar-refractivity contribution in [3.63, 3.8) is 0 Å². The van der Waals surface area contributed by atoms with Crippen molar-refractivity contribution in [2.75, 3.05) is 0 Å². The minimum Gasteiger partial charge on any atom is -0.383 e. The predicted octanol–water partition coefficient (Wildman–Crippen LogP) is -0.267. The molecule has 0 unspecified atom stereocenters. The first kappa shape index (κ1) is 16.6. The van der Waals surface area contributed by atoms with Crippen LogP contribution in [0.25, 0.3) is 0 Å². The molecule has 0 aliphatic rings. The number of carbonyl (C=O) groups is 3. The molecule has 0 aromatic heterocycles. The first-order chi connectivity index (χ1) is 8.23. The van der Waals surface area contributed by atoms with Gasteiger partial charge in [-0.3, -0.25) is 9.59 Å². The zero-order chi connectivity index (χ0) is 14.3. The Labute approximate surface area is 107 Å². The van der Waals surface area contributed by atoms with E-state index in [-0.39, 0.29) is 24.5 Å². The van der Waals surface area contributed by atoms with Crippen LogP contribution in [0.5, 0.6) is 0 Å². The highest BCUT2D eigenvalue weighted by Crippen LogP contribution is 2.06. The molecule has 0 saturated heterocycles. The van der Waals surface area contributed by atoms with Crippen molar-refractivity contribution in [3.8, 4) is 0 Å². The number of ketones is 1. The summed E-state index contributed by atoms with van der Waals surface area (Å²) in [5.41, 5.74) is 5.13. The molecule has 0 fully saturated rings. The number of nitrogens with one attached hydrogen (secondary N) is 1. The Morgan fingerprint density at radius 2 is 1.83 bits per heavy atom. The van der Waals surface area contributed by atoms with Gasteiger partial charge in [-0.05, 0) is 25.7 Å². The molecule has 6 heteroatoms. The molecular weight excluding hydrogens is 236 g/mol. The molecule has 0 aliphatic carbocycles. The van der Waals surface area contributed by atoms with Crippen LogP contribution in [0, 0.1) is 5.92 Å². The topological polar surface area (TPSA) is 109 Å². The Balaban J connectivity index is 4.35. The minimum atomic E-state index is -1.16. The second-order valence-electron chi connectivity index (χ2n) is 4.85. The van der Waals surface area contributed by atoms with Crippen molar-refractivity contribution in [3.05, 3.63) is 0 Å². The van der Waals surface area contributed by atoms with Crippen molar-refractivity contribution in [2.45, 2.75) is 52.2 Å². The van der Waals surface area contributed by atoms with E-state index in [0.29, 0.717) is 6.42 Å². The fourth-order valence-corrected chi connectivity index (χ4v) is 1.45. The average Bonchev–Trinajstić information content (AvgIpc) is 2.21. The first-order valence-electron chi connectivity index (χ1n) is 6.01. The third-order valence-electron chi connectivity index (χ3n) is 2.44. The smallest absolute Gasteiger partial charge is 0.249 e. The fraction of sp³-hybridized carbons (Fsp3) is 0.750. The van der Waals surface area contributed by atoms with Gasteiger partial charge in [0.1, 0.15) is 17.9 Å². The molecule has 0 saturated carbocycles. The van der Waals surface area contributed by atoms with Gasteiger partial charge in [0.25, 0.3) is 0 Å². The predicted molar refractivity (Wildman–Crippen MR) is 66.5 cm³/mol. The summed E-state index contributed by atoms with van der Waals surface area (Å²) < 4.78 is 0. The van der Waals surface area contributed by atoms with Crippen molar-refractivity contribution in [1.29, 1.82) is 0 Å². The van der Waals surface area contributed by atoms with Crippen LogP contribution in [-0.2, 0) is 14.4 Å². The van der Waals surface area contributed by atoms with Gasteiger partial charge in [-0.2, -0.15) is 0 Å². The molecule has 0 aliphatic heterocycles. The lowest BCUT2D eigenvalue weighted by molar-refractivity contribution is -0.134. The Hall–Kier alpha value is -1.43. The lowest BCUT2D eigenvalue weighted by Crippen LogP contribution is -2.48. The van der Waals surface area contributed by atoms with Gasteiger partial charge in [0.05, 0.1) is 0 Å². The van der Waals surface area contributed by atoms with E-state index in [1.165, 1.54) is 6.92 Å². The number of primary amides is 1. The molecule has 0 spiro atoms. The van der Waals surface area contributed by atoms with Crippen LogP contribution < -0.4 is 11.1 Å². The lowest BCUT2D eigenvalue weighted by atomic mass is 10.0. The molecule has 4 N–H and O–H groups in total. The van der Waals surface area contributed by atoms with Crippen molar-refractivity contribution < 1.29 is 19.5 Å². The minimum absolute atomic E-state index is 0.0850. The van der Waals surface area contributed by atoms with Crippen LogP contribution >= 0.6 is 0 Å². The maximum absolute atomic E-state index is 11.6. The number of rotatable bonds is 8. The molecule has 0 bridgehead atoms. The molecule has 0 heterocycles. The fourth-order valence-electron chi connectivity index (χ4n) is 1.45. The van der Waals surface area contributed by atoms with Gasteiger partial charge < -0.3 is 21.0 Å². The molecule has 0 rings (SSSR count). The van der Waals surface area contributed by atoms with Gasteiger partial charge in [0.2, 0.25) is 11.8 Å². The highest BCUT2D eigenvalue weighted by molar-refractivity contribution is 5.88. The second kappa shape index (κ2) is 7.81. The molecule has 6 nitrogen and oxygen atoms in total. The Morgan fingerprint density at radius 3 is 2.22 bits per heavy atom. The summed E-state index contributed by atoms with van der Waals surface area (Å²) in [6.45, 7) is 5.14. The van der Waals surface area contributed by atoms with Gasteiger partial charge in [-0.1, -0.05) is 13.8 Å². The molecule has 2 amide bonds. The van der Waals surface area contributed by atoms with Crippen molar-refractivity contribution in [1.82, 2.24) is 5.32 Å². The summed E-state index contributed by atoms with van der Waals surface area (Å²) >= 11 is 0. The van der Waals surface area contributed by atoms with Gasteiger partial charge in [0.15, 0.2) is 0 Å². The zero-order valence-electron chi connectivity index (χ0n) is 11.1. The maximum atomic E-state index is 11.6. The number of hydrogen-bond acceptors (Lipinski definition) is 4. The molecule has 18 heavy (non-hydrogen) atoms. The number of hydrogen-bond donors (Lipinski definition) is 3. The van der Waals surface area contributed by atoms with E-state index in [4.69, 9.17) is 5.73 Å². The van der Waals surface area contributed by atoms with E-state index in [0.717, 1.165) is 0 Å². The van der Waals surface area contributed by atoms with Gasteiger partial charge in [-0.15, -0.1) is 0 Å². The number of carbonyl (C=O) groups excluding carboxylic acids is 3. The van der Waals surface area contributed by atoms with E-state index in [9.17, 15) is 19.5 Å². The second-order valence-corrected chi connectivity index (χ2v) is 4.85. The van der Waals surface area contributed by atoms with Crippen molar-refractivity contribution in [2.24, 2.45) is 11.7 Å². The van der Waals surface area contributed by atoms with Crippen molar-refractivity contribution >= 4 is 17.6 Å². The standard InChI is InChI=1S/C12H22N2O4/c1-7(2)6-10(16)12(18)14-9(11(13)17)5-4-8(3)15/h7,9-10,16H,4-6H2,1-3H3,(H2,13,17)(H,14,18)/t9-,10+/m1/s1. The summed E-state index contributed by atoms with van der Waals surface area (Å²) in [7, 11) is 0. The molecule has 0 radical (unpaired) electrons. The summed E-state index contributed by atoms with van der Waals surface area (Å²) in [5.74, 6) is -1.26. The van der Waals surface area contributed by atoms with E-state index < -0.39 is 24.0 Å². The van der Waals surface area contributed by atoms with Crippen LogP contribution in [0.1, 0.15) is 40.0 Å². The Morgan fingerprint density at radius 1 is 1.28 bits per heavy atom. The normalized spacial score (nSPS) is 14.1. The summed E-state index contributed by atoms with van der Waals surface area (Å²) in [6, 6.07) is -0.914. The van der Waals surface area contributed by atoms with Crippen LogP contribution in [0.4, 0.5) is 0 Å². The SMILES string of the molecule is CC(=O)CC[C@@H](NC(=O)[C@@H](O)CC(C)C)C(N)=O. The first-order valence-corrected chi connectivity index (χ1v) is 6.01. The molecular formula is C12H22N2O4. The van der Waals surface area contributed by atoms with Crippen LogP contribution in [0.3, 0.4) is 0 Å². The van der Waals surface area contributed by atoms with E-state index in [1.54, 1.807) is 0 Å². The zero-order valence-corrected chi connectivity index (χ0v) is 11.1. The van der Waals surface area contributed by atoms with Crippen LogP contribution in [0.2, 0.25) is 0 Å².